The maximum Gasteiger partial charge on any atom is 2.00 e. The van der Waals surface area contributed by atoms with Gasteiger partial charge in [-0.25, -0.2) is 0 Å². The molecule has 0 bridgehead atoms. The molecule has 0 saturated carbocycles. The number of nitrogens with zero attached hydrogens (tertiary/aromatic N) is 5. The molecule has 0 unspecified atom stereocenters. The zero-order chi connectivity index (χ0) is 36.9. The number of ether oxygens (including phenoxy) is 1. The standard InChI is InChI=1S/C49H35N5O.Pd/c1-28(2)32-11-9-12-33(29(3)4)46(32)37-13-10-18-44-47(37)36-22-20-31(26-39(36)49-52-40-14-5-7-16-42(40)53(44)49)55-30-19-21-34-35-23-24-50-27-45(35)54-43-17-8-6-15-41(43)51-48(54)38(34)25-30;/h5-24,27-29H,1-4H3;/q-2;+2. The Hall–Kier alpha value is -6.13. The van der Waals surface area contributed by atoms with Crippen LogP contribution in [0.15, 0.2) is 128 Å². The van der Waals surface area contributed by atoms with E-state index >= 15 is 0 Å². The van der Waals surface area contributed by atoms with Crippen molar-refractivity contribution in [2.24, 2.45) is 0 Å². The Labute approximate surface area is 337 Å². The smallest absolute Gasteiger partial charge is 0.497 e. The van der Waals surface area contributed by atoms with Gasteiger partial charge in [-0.1, -0.05) is 128 Å². The number of aromatic nitrogens is 5. The Morgan fingerprint density at radius 2 is 1.09 bits per heavy atom. The van der Waals surface area contributed by atoms with Crippen molar-refractivity contribution in [2.75, 3.05) is 0 Å². The average Bonchev–Trinajstić information content (AvgIpc) is 3.81. The number of pyridine rings is 3. The first kappa shape index (κ1) is 34.4. The van der Waals surface area contributed by atoms with Crippen LogP contribution in [0.5, 0.6) is 11.5 Å². The number of para-hydroxylation sites is 4. The SMILES string of the molecule is CC(C)c1cccc(C(C)C)c1-c1cccc2c1c1ccc(Oc3[c-]c4c(cc3)c3ccncc3n3c5ccccc5nc43)[c-]c1c1nc3ccccc3n21.[Pd+2]. The molecular weight excluding hydrogens is 781 g/mol. The predicted molar refractivity (Wildman–Crippen MR) is 225 cm³/mol. The van der Waals surface area contributed by atoms with Crippen LogP contribution in [-0.2, 0) is 20.4 Å². The van der Waals surface area contributed by atoms with Crippen molar-refractivity contribution in [3.8, 4) is 22.6 Å². The number of rotatable bonds is 5. The van der Waals surface area contributed by atoms with E-state index in [0.717, 1.165) is 71.3 Å². The summed E-state index contributed by atoms with van der Waals surface area (Å²) < 4.78 is 11.2. The second-order valence-electron chi connectivity index (χ2n) is 15.1. The zero-order valence-corrected chi connectivity index (χ0v) is 32.8. The summed E-state index contributed by atoms with van der Waals surface area (Å²) in [4.78, 5) is 14.7. The first-order valence-corrected chi connectivity index (χ1v) is 18.9. The second kappa shape index (κ2) is 13.0. The van der Waals surface area contributed by atoms with Crippen molar-refractivity contribution >= 4 is 76.7 Å². The van der Waals surface area contributed by atoms with Gasteiger partial charge in [0.05, 0.1) is 38.9 Å². The molecule has 272 valence electrons. The van der Waals surface area contributed by atoms with Crippen LogP contribution in [0.25, 0.3) is 87.8 Å². The quantitative estimate of drug-likeness (QED) is 0.0986. The third-order valence-corrected chi connectivity index (χ3v) is 11.2. The van der Waals surface area contributed by atoms with Gasteiger partial charge in [0.1, 0.15) is 0 Å². The van der Waals surface area contributed by atoms with Gasteiger partial charge in [-0.2, -0.15) is 0 Å². The van der Waals surface area contributed by atoms with Crippen molar-refractivity contribution in [3.63, 3.8) is 0 Å². The van der Waals surface area contributed by atoms with Gasteiger partial charge >= 0.3 is 20.4 Å². The Bertz CT molecular complexity index is 3350. The molecule has 0 spiro atoms. The first-order chi connectivity index (χ1) is 26.9. The molecule has 6 aromatic carbocycles. The molecule has 0 N–H and O–H groups in total. The fourth-order valence-electron chi connectivity index (χ4n) is 8.72. The number of benzene rings is 6. The van der Waals surface area contributed by atoms with Crippen LogP contribution < -0.4 is 4.74 Å². The van der Waals surface area contributed by atoms with Gasteiger partial charge in [-0.3, -0.25) is 15.0 Å². The first-order valence-electron chi connectivity index (χ1n) is 18.9. The minimum absolute atomic E-state index is 0. The van der Waals surface area contributed by atoms with Crippen LogP contribution in [0.3, 0.4) is 0 Å². The van der Waals surface area contributed by atoms with Crippen molar-refractivity contribution in [3.05, 3.63) is 151 Å². The predicted octanol–water partition coefficient (Wildman–Crippen LogP) is 12.6. The van der Waals surface area contributed by atoms with Crippen molar-refractivity contribution in [2.45, 2.75) is 39.5 Å². The summed E-state index contributed by atoms with van der Waals surface area (Å²) in [5.41, 5.74) is 13.0. The number of hydrogen-bond acceptors (Lipinski definition) is 4. The molecule has 0 saturated heterocycles. The molecule has 11 aromatic rings. The van der Waals surface area contributed by atoms with E-state index in [2.05, 4.69) is 132 Å². The molecule has 0 aliphatic heterocycles. The minimum Gasteiger partial charge on any atom is -0.497 e. The normalized spacial score (nSPS) is 12.1. The Morgan fingerprint density at radius 3 is 1.73 bits per heavy atom. The molecule has 0 aliphatic rings. The van der Waals surface area contributed by atoms with Crippen LogP contribution >= 0.6 is 0 Å². The van der Waals surface area contributed by atoms with Crippen molar-refractivity contribution in [1.29, 1.82) is 0 Å². The summed E-state index contributed by atoms with van der Waals surface area (Å²) in [6.45, 7) is 9.14. The summed E-state index contributed by atoms with van der Waals surface area (Å²) in [5.74, 6) is 1.89. The average molecular weight is 816 g/mol. The molecule has 6 nitrogen and oxygen atoms in total. The Balaban J connectivity index is 0.00000384. The fourth-order valence-corrected chi connectivity index (χ4v) is 8.72. The number of imidazole rings is 2. The largest absolute Gasteiger partial charge is 2.00 e. The molecule has 5 heterocycles. The third-order valence-electron chi connectivity index (χ3n) is 11.2. The van der Waals surface area contributed by atoms with Crippen LogP contribution in [0.4, 0.5) is 0 Å². The van der Waals surface area contributed by atoms with Crippen LogP contribution in [0, 0.1) is 12.1 Å². The summed E-state index contributed by atoms with van der Waals surface area (Å²) in [6, 6.07) is 47.7. The Morgan fingerprint density at radius 1 is 0.536 bits per heavy atom. The van der Waals surface area contributed by atoms with Gasteiger partial charge in [0.2, 0.25) is 0 Å². The second-order valence-corrected chi connectivity index (χ2v) is 15.1. The van der Waals surface area contributed by atoms with E-state index in [1.807, 2.05) is 48.8 Å². The van der Waals surface area contributed by atoms with Crippen LogP contribution in [0.2, 0.25) is 0 Å². The van der Waals surface area contributed by atoms with Gasteiger partial charge in [-0.15, -0.1) is 12.1 Å². The molecule has 0 radical (unpaired) electrons. The molecule has 0 amide bonds. The van der Waals surface area contributed by atoms with Gasteiger partial charge in [0.25, 0.3) is 0 Å². The summed E-state index contributed by atoms with van der Waals surface area (Å²) in [6.07, 6.45) is 3.74. The topological polar surface area (TPSA) is 56.7 Å². The van der Waals surface area contributed by atoms with E-state index in [1.165, 1.54) is 27.6 Å². The van der Waals surface area contributed by atoms with Gasteiger partial charge < -0.3 is 13.5 Å². The van der Waals surface area contributed by atoms with Crippen molar-refractivity contribution in [1.82, 2.24) is 23.8 Å². The van der Waals surface area contributed by atoms with Crippen LogP contribution in [0.1, 0.15) is 50.7 Å². The van der Waals surface area contributed by atoms with E-state index in [9.17, 15) is 0 Å². The van der Waals surface area contributed by atoms with E-state index < -0.39 is 0 Å². The molecular formula is C49H35N5OPd. The monoisotopic (exact) mass is 815 g/mol. The molecule has 7 heteroatoms. The summed E-state index contributed by atoms with van der Waals surface area (Å²) in [5, 5.41) is 6.18. The number of fused-ring (bicyclic) bond motifs is 16. The van der Waals surface area contributed by atoms with Crippen molar-refractivity contribution < 1.29 is 25.2 Å². The number of hydrogen-bond donors (Lipinski definition) is 0. The molecule has 56 heavy (non-hydrogen) atoms. The molecule has 0 aliphatic carbocycles. The van der Waals surface area contributed by atoms with Gasteiger partial charge in [0, 0.05) is 29.4 Å². The zero-order valence-electron chi connectivity index (χ0n) is 31.2. The molecule has 11 rings (SSSR count). The van der Waals surface area contributed by atoms with Crippen LogP contribution in [-0.4, -0.2) is 23.8 Å². The van der Waals surface area contributed by atoms with E-state index in [1.54, 1.807) is 0 Å². The minimum atomic E-state index is 0. The molecule has 0 fully saturated rings. The van der Waals surface area contributed by atoms with Gasteiger partial charge in [0.15, 0.2) is 0 Å². The maximum atomic E-state index is 6.68. The Kier molecular flexibility index (Phi) is 7.97. The van der Waals surface area contributed by atoms with Gasteiger partial charge in [-0.05, 0) is 81.3 Å². The van der Waals surface area contributed by atoms with E-state index in [0.29, 0.717) is 23.3 Å². The maximum absolute atomic E-state index is 6.68. The summed E-state index contributed by atoms with van der Waals surface area (Å²) in [7, 11) is 0. The van der Waals surface area contributed by atoms with E-state index in [-0.39, 0.29) is 20.4 Å². The van der Waals surface area contributed by atoms with E-state index in [4.69, 9.17) is 14.7 Å². The fraction of sp³-hybridized carbons (Fsp3) is 0.122. The molecule has 5 aromatic heterocycles. The molecule has 0 atom stereocenters. The summed E-state index contributed by atoms with van der Waals surface area (Å²) >= 11 is 0. The third kappa shape index (κ3) is 5.01.